The van der Waals surface area contributed by atoms with Crippen LogP contribution < -0.4 is 14.2 Å². The number of carbonyl (C=O) groups excluding carboxylic acids is 1. The Bertz CT molecular complexity index is 379. The van der Waals surface area contributed by atoms with E-state index < -0.39 is 12.6 Å². The topological polar surface area (TPSA) is 44.8 Å². The number of benzene rings is 1. The first-order valence-corrected chi connectivity index (χ1v) is 4.34. The fraction of sp³-hybridized carbons (Fsp3) is 0.300. The molecule has 0 atom stereocenters. The van der Waals surface area contributed by atoms with Crippen molar-refractivity contribution in [2.45, 2.75) is 13.5 Å². The van der Waals surface area contributed by atoms with Crippen molar-refractivity contribution in [1.82, 2.24) is 0 Å². The van der Waals surface area contributed by atoms with Crippen LogP contribution in [0.2, 0.25) is 0 Å². The van der Waals surface area contributed by atoms with Crippen molar-refractivity contribution in [3.05, 3.63) is 18.2 Å². The summed E-state index contributed by atoms with van der Waals surface area (Å²) >= 11 is 0. The highest BCUT2D eigenvalue weighted by Gasteiger charge is 2.11. The predicted octanol–water partition coefficient (Wildman–Crippen LogP) is 2.22. The Balaban J connectivity index is 2.92. The minimum absolute atomic E-state index is 0.0686. The van der Waals surface area contributed by atoms with E-state index in [1.807, 2.05) is 0 Å². The summed E-state index contributed by atoms with van der Waals surface area (Å²) in [6.45, 7) is -1.70. The second-order valence-electron chi connectivity index (χ2n) is 2.78. The molecule has 0 aliphatic carbocycles. The molecule has 0 fully saturated rings. The summed E-state index contributed by atoms with van der Waals surface area (Å²) in [5, 5.41) is 0. The molecule has 0 heterocycles. The number of rotatable bonds is 4. The van der Waals surface area contributed by atoms with Gasteiger partial charge in [0.2, 0.25) is 0 Å². The van der Waals surface area contributed by atoms with Crippen LogP contribution in [0.25, 0.3) is 0 Å². The molecular weight excluding hydrogens is 222 g/mol. The molecule has 1 aromatic rings. The molecule has 0 aliphatic rings. The third kappa shape index (κ3) is 3.38. The molecule has 0 amide bonds. The Morgan fingerprint density at radius 1 is 1.31 bits per heavy atom. The Labute approximate surface area is 90.7 Å². The van der Waals surface area contributed by atoms with E-state index in [2.05, 4.69) is 4.74 Å². The molecular formula is C10H10F2O4. The molecule has 1 aromatic carbocycles. The van der Waals surface area contributed by atoms with E-state index in [-0.39, 0.29) is 17.2 Å². The summed E-state index contributed by atoms with van der Waals surface area (Å²) in [7, 11) is 1.30. The van der Waals surface area contributed by atoms with E-state index >= 15 is 0 Å². The van der Waals surface area contributed by atoms with Gasteiger partial charge in [-0.3, -0.25) is 4.79 Å². The summed E-state index contributed by atoms with van der Waals surface area (Å²) < 4.78 is 37.7. The van der Waals surface area contributed by atoms with Gasteiger partial charge in [0.15, 0.2) is 11.5 Å². The highest BCUT2D eigenvalue weighted by Crippen LogP contribution is 2.32. The highest BCUT2D eigenvalue weighted by atomic mass is 19.3. The first kappa shape index (κ1) is 12.2. The molecule has 6 heteroatoms. The minimum atomic E-state index is -2.94. The zero-order chi connectivity index (χ0) is 12.1. The van der Waals surface area contributed by atoms with Crippen molar-refractivity contribution < 1.29 is 27.8 Å². The lowest BCUT2D eigenvalue weighted by Gasteiger charge is -2.10. The zero-order valence-electron chi connectivity index (χ0n) is 8.70. The number of ether oxygens (including phenoxy) is 3. The van der Waals surface area contributed by atoms with Crippen molar-refractivity contribution in [3.8, 4) is 17.2 Å². The van der Waals surface area contributed by atoms with E-state index in [0.29, 0.717) is 0 Å². The van der Waals surface area contributed by atoms with Crippen molar-refractivity contribution >= 4 is 5.97 Å². The van der Waals surface area contributed by atoms with Crippen molar-refractivity contribution in [3.63, 3.8) is 0 Å². The maximum Gasteiger partial charge on any atom is 0.387 e. The van der Waals surface area contributed by atoms with Gasteiger partial charge in [-0.05, 0) is 12.1 Å². The zero-order valence-corrected chi connectivity index (χ0v) is 8.70. The van der Waals surface area contributed by atoms with Crippen molar-refractivity contribution in [2.24, 2.45) is 0 Å². The van der Waals surface area contributed by atoms with Gasteiger partial charge in [-0.2, -0.15) is 8.78 Å². The Hall–Kier alpha value is -1.85. The number of methoxy groups -OCH3 is 1. The van der Waals surface area contributed by atoms with Gasteiger partial charge in [-0.25, -0.2) is 0 Å². The Kier molecular flexibility index (Phi) is 4.04. The summed E-state index contributed by atoms with van der Waals surface area (Å²) in [6.07, 6.45) is 0. The molecule has 0 aliphatic heterocycles. The largest absolute Gasteiger partial charge is 0.493 e. The minimum Gasteiger partial charge on any atom is -0.493 e. The van der Waals surface area contributed by atoms with Gasteiger partial charge < -0.3 is 14.2 Å². The number of halogens is 2. The molecule has 88 valence electrons. The Morgan fingerprint density at radius 2 is 2.00 bits per heavy atom. The average molecular weight is 232 g/mol. The number of alkyl halides is 2. The summed E-state index contributed by atoms with van der Waals surface area (Å²) in [5.41, 5.74) is 0. The van der Waals surface area contributed by atoms with Crippen molar-refractivity contribution in [1.29, 1.82) is 0 Å². The fourth-order valence-electron chi connectivity index (χ4n) is 1.07. The van der Waals surface area contributed by atoms with Crippen LogP contribution in [0.15, 0.2) is 18.2 Å². The highest BCUT2D eigenvalue weighted by molar-refractivity contribution is 5.69. The molecule has 0 N–H and O–H groups in total. The van der Waals surface area contributed by atoms with Crippen LogP contribution in [0.5, 0.6) is 17.2 Å². The molecule has 1 rings (SSSR count). The molecule has 0 saturated carbocycles. The van der Waals surface area contributed by atoms with Crippen LogP contribution >= 0.6 is 0 Å². The van der Waals surface area contributed by atoms with E-state index in [9.17, 15) is 13.6 Å². The monoisotopic (exact) mass is 232 g/mol. The lowest BCUT2D eigenvalue weighted by Crippen LogP contribution is -2.05. The molecule has 0 radical (unpaired) electrons. The van der Waals surface area contributed by atoms with Gasteiger partial charge in [0.05, 0.1) is 7.11 Å². The normalized spacial score (nSPS) is 10.1. The smallest absolute Gasteiger partial charge is 0.387 e. The molecule has 0 aromatic heterocycles. The van der Waals surface area contributed by atoms with E-state index in [1.165, 1.54) is 32.2 Å². The molecule has 0 spiro atoms. The lowest BCUT2D eigenvalue weighted by molar-refractivity contribution is -0.131. The van der Waals surface area contributed by atoms with E-state index in [4.69, 9.17) is 9.47 Å². The van der Waals surface area contributed by atoms with Crippen LogP contribution in [-0.4, -0.2) is 19.7 Å². The average Bonchev–Trinajstić information content (AvgIpc) is 2.18. The van der Waals surface area contributed by atoms with Gasteiger partial charge in [-0.15, -0.1) is 0 Å². The summed E-state index contributed by atoms with van der Waals surface area (Å²) in [5.74, 6) is -0.358. The molecule has 4 nitrogen and oxygen atoms in total. The first-order valence-electron chi connectivity index (χ1n) is 4.34. The van der Waals surface area contributed by atoms with Crippen LogP contribution in [0.4, 0.5) is 8.78 Å². The van der Waals surface area contributed by atoms with E-state index in [0.717, 1.165) is 0 Å². The van der Waals surface area contributed by atoms with Crippen LogP contribution in [0.3, 0.4) is 0 Å². The second-order valence-corrected chi connectivity index (χ2v) is 2.78. The number of carbonyl (C=O) groups is 1. The molecule has 16 heavy (non-hydrogen) atoms. The fourth-order valence-corrected chi connectivity index (χ4v) is 1.07. The van der Waals surface area contributed by atoms with Gasteiger partial charge >= 0.3 is 12.6 Å². The third-order valence-electron chi connectivity index (χ3n) is 1.61. The molecule has 0 bridgehead atoms. The van der Waals surface area contributed by atoms with Gasteiger partial charge in [0.1, 0.15) is 5.75 Å². The summed E-state index contributed by atoms with van der Waals surface area (Å²) in [6, 6.07) is 3.87. The quantitative estimate of drug-likeness (QED) is 0.589. The van der Waals surface area contributed by atoms with E-state index in [1.54, 1.807) is 0 Å². The maximum absolute atomic E-state index is 12.0. The lowest BCUT2D eigenvalue weighted by atomic mass is 10.3. The van der Waals surface area contributed by atoms with Crippen LogP contribution in [0, 0.1) is 0 Å². The molecule has 0 saturated heterocycles. The maximum atomic E-state index is 12.0. The third-order valence-corrected chi connectivity index (χ3v) is 1.61. The number of hydrogen-bond acceptors (Lipinski definition) is 4. The number of esters is 1. The van der Waals surface area contributed by atoms with Gasteiger partial charge in [0, 0.05) is 13.0 Å². The standard InChI is InChI=1S/C10H10F2O4/c1-6(13)15-7-3-4-8(16-10(11)12)9(5-7)14-2/h3-5,10H,1-2H3. The first-order chi connectivity index (χ1) is 7.52. The Morgan fingerprint density at radius 3 is 2.50 bits per heavy atom. The summed E-state index contributed by atoms with van der Waals surface area (Å²) in [4.78, 5) is 10.7. The van der Waals surface area contributed by atoms with Crippen LogP contribution in [0.1, 0.15) is 6.92 Å². The van der Waals surface area contributed by atoms with Crippen molar-refractivity contribution in [2.75, 3.05) is 7.11 Å². The number of hydrogen-bond donors (Lipinski definition) is 0. The predicted molar refractivity (Wildman–Crippen MR) is 50.9 cm³/mol. The van der Waals surface area contributed by atoms with Gasteiger partial charge in [-0.1, -0.05) is 0 Å². The van der Waals surface area contributed by atoms with Gasteiger partial charge in [0.25, 0.3) is 0 Å². The SMILES string of the molecule is COc1cc(OC(C)=O)ccc1OC(F)F. The van der Waals surface area contributed by atoms with Crippen LogP contribution in [-0.2, 0) is 4.79 Å². The second kappa shape index (κ2) is 5.29. The molecule has 0 unspecified atom stereocenters.